The van der Waals surface area contributed by atoms with Gasteiger partial charge in [0.2, 0.25) is 5.91 Å². The number of thioether (sulfide) groups is 1. The highest BCUT2D eigenvalue weighted by atomic mass is 32.2. The highest BCUT2D eigenvalue weighted by Gasteiger charge is 2.15. The molecule has 9 nitrogen and oxygen atoms in total. The molecule has 0 aliphatic carbocycles. The number of carbonyl (C=O) groups is 2. The average Bonchev–Trinajstić information content (AvgIpc) is 3.22. The van der Waals surface area contributed by atoms with E-state index in [1.54, 1.807) is 42.3 Å². The van der Waals surface area contributed by atoms with Crippen molar-refractivity contribution >= 4 is 29.3 Å². The molecule has 0 saturated carbocycles. The van der Waals surface area contributed by atoms with Crippen molar-refractivity contribution in [1.29, 1.82) is 0 Å². The quantitative estimate of drug-likeness (QED) is 0.438. The molecule has 3 rings (SSSR count). The van der Waals surface area contributed by atoms with E-state index in [9.17, 15) is 9.59 Å². The fraction of sp³-hybridized carbons (Fsp3) is 0.304. The Morgan fingerprint density at radius 2 is 2.00 bits per heavy atom. The number of amides is 2. The second-order valence-electron chi connectivity index (χ2n) is 7.18. The summed E-state index contributed by atoms with van der Waals surface area (Å²) in [5, 5.41) is 14.2. The van der Waals surface area contributed by atoms with Crippen LogP contribution < -0.4 is 20.1 Å². The first kappa shape index (κ1) is 24.1. The number of methoxy groups -OCH3 is 1. The van der Waals surface area contributed by atoms with Crippen LogP contribution in [0.5, 0.6) is 11.5 Å². The number of anilines is 1. The number of hydrogen-bond acceptors (Lipinski definition) is 7. The molecule has 1 heterocycles. The van der Waals surface area contributed by atoms with Crippen LogP contribution in [0, 0.1) is 0 Å². The van der Waals surface area contributed by atoms with E-state index in [1.165, 1.54) is 11.8 Å². The third kappa shape index (κ3) is 6.48. The summed E-state index contributed by atoms with van der Waals surface area (Å²) in [6, 6.07) is 12.1. The smallest absolute Gasteiger partial charge is 0.251 e. The van der Waals surface area contributed by atoms with E-state index in [1.807, 2.05) is 39.1 Å². The number of aryl methyl sites for hydroxylation is 1. The zero-order chi connectivity index (χ0) is 23.8. The summed E-state index contributed by atoms with van der Waals surface area (Å²) < 4.78 is 12.7. The molecule has 174 valence electrons. The minimum atomic E-state index is -0.261. The molecule has 1 unspecified atom stereocenters. The molecular weight excluding hydrogens is 442 g/mol. The SMILES string of the molecule is CCOc1ccc(C(C)NC(=O)c2cccc(NC(=O)CSc3nncn3C)c2)cc1OC. The lowest BCUT2D eigenvalue weighted by atomic mass is 10.1. The summed E-state index contributed by atoms with van der Waals surface area (Å²) >= 11 is 1.28. The predicted molar refractivity (Wildman–Crippen MR) is 127 cm³/mol. The van der Waals surface area contributed by atoms with Gasteiger partial charge in [0.05, 0.1) is 25.5 Å². The Kier molecular flexibility index (Phi) is 8.31. The maximum Gasteiger partial charge on any atom is 0.251 e. The van der Waals surface area contributed by atoms with Gasteiger partial charge in [-0.2, -0.15) is 0 Å². The maximum atomic E-state index is 12.8. The minimum Gasteiger partial charge on any atom is -0.493 e. The van der Waals surface area contributed by atoms with Gasteiger partial charge >= 0.3 is 0 Å². The second kappa shape index (κ2) is 11.4. The lowest BCUT2D eigenvalue weighted by molar-refractivity contribution is -0.113. The van der Waals surface area contributed by atoms with E-state index >= 15 is 0 Å². The summed E-state index contributed by atoms with van der Waals surface area (Å²) in [6.45, 7) is 4.33. The molecule has 2 aromatic carbocycles. The van der Waals surface area contributed by atoms with Gasteiger partial charge in [0.15, 0.2) is 16.7 Å². The highest BCUT2D eigenvalue weighted by Crippen LogP contribution is 2.30. The Morgan fingerprint density at radius 3 is 2.70 bits per heavy atom. The van der Waals surface area contributed by atoms with Crippen molar-refractivity contribution in [3.63, 3.8) is 0 Å². The van der Waals surface area contributed by atoms with Crippen molar-refractivity contribution in [2.45, 2.75) is 25.0 Å². The van der Waals surface area contributed by atoms with Crippen molar-refractivity contribution < 1.29 is 19.1 Å². The first-order chi connectivity index (χ1) is 15.9. The Hall–Kier alpha value is -3.53. The number of hydrogen-bond donors (Lipinski definition) is 2. The Labute approximate surface area is 196 Å². The Morgan fingerprint density at radius 1 is 1.18 bits per heavy atom. The molecular formula is C23H27N5O4S. The summed E-state index contributed by atoms with van der Waals surface area (Å²) in [5.41, 5.74) is 1.87. The van der Waals surface area contributed by atoms with Crippen molar-refractivity contribution in [1.82, 2.24) is 20.1 Å². The summed E-state index contributed by atoms with van der Waals surface area (Å²) in [5.74, 6) is 0.997. The number of rotatable bonds is 10. The molecule has 2 amide bonds. The molecule has 0 spiro atoms. The Bertz CT molecular complexity index is 1120. The van der Waals surface area contributed by atoms with Crippen molar-refractivity contribution in [2.24, 2.45) is 7.05 Å². The number of carbonyl (C=O) groups excluding carboxylic acids is 2. The van der Waals surface area contributed by atoms with Gasteiger partial charge in [-0.15, -0.1) is 10.2 Å². The standard InChI is InChI=1S/C23H27N5O4S/c1-5-32-19-10-9-16(12-20(19)31-4)15(2)25-22(30)17-7-6-8-18(11-17)26-21(29)13-33-23-27-24-14-28(23)3/h6-12,14-15H,5,13H2,1-4H3,(H,25,30)(H,26,29). The first-order valence-corrected chi connectivity index (χ1v) is 11.4. The monoisotopic (exact) mass is 469 g/mol. The minimum absolute atomic E-state index is 0.180. The van der Waals surface area contributed by atoms with Crippen LogP contribution in [-0.4, -0.2) is 46.0 Å². The zero-order valence-electron chi connectivity index (χ0n) is 19.0. The van der Waals surface area contributed by atoms with Crippen molar-refractivity contribution in [3.8, 4) is 11.5 Å². The van der Waals surface area contributed by atoms with Crippen molar-refractivity contribution in [3.05, 3.63) is 59.9 Å². The topological polar surface area (TPSA) is 107 Å². The van der Waals surface area contributed by atoms with Crippen LogP contribution in [0.25, 0.3) is 0 Å². The van der Waals surface area contributed by atoms with Gasteiger partial charge in [-0.25, -0.2) is 0 Å². The second-order valence-corrected chi connectivity index (χ2v) is 8.12. The van der Waals surface area contributed by atoms with Gasteiger partial charge in [0.1, 0.15) is 6.33 Å². The van der Waals surface area contributed by atoms with Gasteiger partial charge in [-0.05, 0) is 49.7 Å². The molecule has 33 heavy (non-hydrogen) atoms. The van der Waals surface area contributed by atoms with Gasteiger partial charge in [0.25, 0.3) is 5.91 Å². The third-order valence-electron chi connectivity index (χ3n) is 4.75. The van der Waals surface area contributed by atoms with E-state index in [2.05, 4.69) is 20.8 Å². The molecule has 0 bridgehead atoms. The number of nitrogens with one attached hydrogen (secondary N) is 2. The van der Waals surface area contributed by atoms with E-state index in [0.717, 1.165) is 5.56 Å². The lowest BCUT2D eigenvalue weighted by Crippen LogP contribution is -2.26. The van der Waals surface area contributed by atoms with E-state index in [-0.39, 0.29) is 23.6 Å². The van der Waals surface area contributed by atoms with Gasteiger partial charge in [-0.1, -0.05) is 23.9 Å². The molecule has 0 fully saturated rings. The average molecular weight is 470 g/mol. The number of benzene rings is 2. The molecule has 3 aromatic rings. The van der Waals surface area contributed by atoms with Gasteiger partial charge in [0, 0.05) is 18.3 Å². The molecule has 0 radical (unpaired) electrons. The summed E-state index contributed by atoms with van der Waals surface area (Å²) in [4.78, 5) is 25.1. The number of ether oxygens (including phenoxy) is 2. The summed E-state index contributed by atoms with van der Waals surface area (Å²) in [7, 11) is 3.39. The molecule has 10 heteroatoms. The van der Waals surface area contributed by atoms with E-state index in [4.69, 9.17) is 9.47 Å². The van der Waals surface area contributed by atoms with E-state index < -0.39 is 0 Å². The largest absolute Gasteiger partial charge is 0.493 e. The molecule has 1 aromatic heterocycles. The van der Waals surface area contributed by atoms with Gasteiger partial charge in [-0.3, -0.25) is 9.59 Å². The van der Waals surface area contributed by atoms with Crippen LogP contribution in [0.15, 0.2) is 53.9 Å². The molecule has 1 atom stereocenters. The van der Waals surface area contributed by atoms with Crippen molar-refractivity contribution in [2.75, 3.05) is 24.8 Å². The van der Waals surface area contributed by atoms with Crippen LogP contribution in [0.2, 0.25) is 0 Å². The van der Waals surface area contributed by atoms with Crippen LogP contribution in [0.3, 0.4) is 0 Å². The number of nitrogens with zero attached hydrogens (tertiary/aromatic N) is 3. The van der Waals surface area contributed by atoms with Crippen LogP contribution >= 0.6 is 11.8 Å². The molecule has 0 aliphatic rings. The van der Waals surface area contributed by atoms with Crippen LogP contribution in [0.4, 0.5) is 5.69 Å². The normalized spacial score (nSPS) is 11.5. The third-order valence-corrected chi connectivity index (χ3v) is 5.78. The molecule has 0 saturated heterocycles. The van der Waals surface area contributed by atoms with E-state index in [0.29, 0.717) is 34.5 Å². The van der Waals surface area contributed by atoms with Crippen LogP contribution in [-0.2, 0) is 11.8 Å². The lowest BCUT2D eigenvalue weighted by Gasteiger charge is -2.17. The maximum absolute atomic E-state index is 12.8. The summed E-state index contributed by atoms with van der Waals surface area (Å²) in [6.07, 6.45) is 1.58. The highest BCUT2D eigenvalue weighted by molar-refractivity contribution is 7.99. The van der Waals surface area contributed by atoms with Gasteiger partial charge < -0.3 is 24.7 Å². The molecule has 2 N–H and O–H groups in total. The predicted octanol–water partition coefficient (Wildman–Crippen LogP) is 3.44. The van der Waals surface area contributed by atoms with Crippen LogP contribution in [0.1, 0.15) is 35.8 Å². The Balaban J connectivity index is 1.60. The molecule has 0 aliphatic heterocycles. The first-order valence-electron chi connectivity index (χ1n) is 10.4. The zero-order valence-corrected chi connectivity index (χ0v) is 19.8. The number of aromatic nitrogens is 3. The fourth-order valence-electron chi connectivity index (χ4n) is 3.06. The fourth-order valence-corrected chi connectivity index (χ4v) is 3.75.